The third-order valence-electron chi connectivity index (χ3n) is 4.64. The number of ether oxygens (including phenoxy) is 1. The Balaban J connectivity index is 1.96. The van der Waals surface area contributed by atoms with E-state index in [9.17, 15) is 0 Å². The minimum Gasteiger partial charge on any atom is -0.383 e. The molecule has 0 unspecified atom stereocenters. The van der Waals surface area contributed by atoms with E-state index in [1.54, 1.807) is 13.4 Å². The van der Waals surface area contributed by atoms with Crippen LogP contribution in [0.2, 0.25) is 0 Å². The quantitative estimate of drug-likeness (QED) is 0.517. The number of hydrogen-bond acceptors (Lipinski definition) is 4. The zero-order valence-electron chi connectivity index (χ0n) is 15.5. The van der Waals surface area contributed by atoms with Gasteiger partial charge in [-0.05, 0) is 24.1 Å². The van der Waals surface area contributed by atoms with Gasteiger partial charge in [-0.3, -0.25) is 0 Å². The molecular weight excluding hydrogens is 336 g/mol. The predicted octanol–water partition coefficient (Wildman–Crippen LogP) is 4.45. The number of fused-ring (bicyclic) bond motifs is 1. The number of para-hydroxylation sites is 1. The minimum atomic E-state index is 0.616. The van der Waals surface area contributed by atoms with Crippen molar-refractivity contribution < 1.29 is 4.74 Å². The maximum Gasteiger partial charge on any atom is 0.150 e. The third-order valence-corrected chi connectivity index (χ3v) is 4.64. The second-order valence-electron chi connectivity index (χ2n) is 6.41. The lowest BCUT2D eigenvalue weighted by Crippen LogP contribution is -2.09. The molecule has 4 aromatic rings. The van der Waals surface area contributed by atoms with Crippen molar-refractivity contribution in [3.63, 3.8) is 0 Å². The first-order valence-electron chi connectivity index (χ1n) is 9.00. The fourth-order valence-corrected chi connectivity index (χ4v) is 3.32. The van der Waals surface area contributed by atoms with Crippen LogP contribution in [-0.2, 0) is 4.74 Å². The summed E-state index contributed by atoms with van der Waals surface area (Å²) in [6.07, 6.45) is 3.76. The summed E-state index contributed by atoms with van der Waals surface area (Å²) in [7, 11) is 1.70. The van der Waals surface area contributed by atoms with E-state index in [1.165, 1.54) is 5.56 Å². The molecule has 4 rings (SSSR count). The van der Waals surface area contributed by atoms with Gasteiger partial charge in [0, 0.05) is 31.1 Å². The molecule has 1 N–H and O–H groups in total. The van der Waals surface area contributed by atoms with E-state index in [1.807, 2.05) is 18.2 Å². The van der Waals surface area contributed by atoms with Crippen LogP contribution in [0.5, 0.6) is 0 Å². The molecule has 0 spiro atoms. The molecule has 2 aromatic heterocycles. The molecule has 0 bridgehead atoms. The summed E-state index contributed by atoms with van der Waals surface area (Å²) in [5.74, 6) is 0.822. The molecule has 5 nitrogen and oxygen atoms in total. The van der Waals surface area contributed by atoms with Crippen molar-refractivity contribution in [2.45, 2.75) is 6.92 Å². The second kappa shape index (κ2) is 7.60. The maximum atomic E-state index is 5.17. The summed E-state index contributed by atoms with van der Waals surface area (Å²) < 4.78 is 7.32. The van der Waals surface area contributed by atoms with Crippen LogP contribution in [0.4, 0.5) is 5.82 Å². The van der Waals surface area contributed by atoms with Crippen LogP contribution in [-0.4, -0.2) is 34.8 Å². The van der Waals surface area contributed by atoms with Gasteiger partial charge in [0.2, 0.25) is 0 Å². The standard InChI is InChI=1S/C22H22N4O/c1-16-8-6-7-11-19(16)26-14-18(17-9-4-3-5-10-17)20-21(23-12-13-27-2)24-15-25-22(20)26/h3-11,14-15H,12-13H2,1-2H3,(H,23,24,25). The zero-order valence-corrected chi connectivity index (χ0v) is 15.5. The summed E-state index contributed by atoms with van der Waals surface area (Å²) in [5, 5.41) is 4.41. The first-order chi connectivity index (χ1) is 13.3. The summed E-state index contributed by atoms with van der Waals surface area (Å²) in [5.41, 5.74) is 5.44. The Labute approximate surface area is 158 Å². The van der Waals surface area contributed by atoms with Gasteiger partial charge >= 0.3 is 0 Å². The van der Waals surface area contributed by atoms with E-state index in [0.29, 0.717) is 13.2 Å². The van der Waals surface area contributed by atoms with Gasteiger partial charge in [0.15, 0.2) is 5.65 Å². The van der Waals surface area contributed by atoms with Crippen LogP contribution in [0.3, 0.4) is 0 Å². The Morgan fingerprint density at radius 2 is 1.78 bits per heavy atom. The topological polar surface area (TPSA) is 52.0 Å². The number of hydrogen-bond donors (Lipinski definition) is 1. The third kappa shape index (κ3) is 3.29. The van der Waals surface area contributed by atoms with Crippen LogP contribution >= 0.6 is 0 Å². The van der Waals surface area contributed by atoms with Crippen molar-refractivity contribution in [2.75, 3.05) is 25.6 Å². The number of nitrogens with zero attached hydrogens (tertiary/aromatic N) is 3. The van der Waals surface area contributed by atoms with Crippen LogP contribution < -0.4 is 5.32 Å². The molecule has 0 saturated carbocycles. The number of aromatic nitrogens is 3. The van der Waals surface area contributed by atoms with E-state index in [4.69, 9.17) is 4.74 Å². The normalized spacial score (nSPS) is 11.0. The average molecular weight is 358 g/mol. The van der Waals surface area contributed by atoms with Crippen LogP contribution in [0.15, 0.2) is 67.1 Å². The zero-order chi connectivity index (χ0) is 18.6. The highest BCUT2D eigenvalue weighted by Gasteiger charge is 2.17. The summed E-state index contributed by atoms with van der Waals surface area (Å²) in [4.78, 5) is 9.12. The molecule has 0 saturated heterocycles. The molecule has 0 aliphatic rings. The van der Waals surface area contributed by atoms with Gasteiger partial charge in [0.1, 0.15) is 12.1 Å². The lowest BCUT2D eigenvalue weighted by molar-refractivity contribution is 0.210. The lowest BCUT2D eigenvalue weighted by Gasteiger charge is -2.09. The van der Waals surface area contributed by atoms with Gasteiger partial charge in [-0.1, -0.05) is 48.5 Å². The molecule has 5 heteroatoms. The van der Waals surface area contributed by atoms with E-state index in [-0.39, 0.29) is 0 Å². The van der Waals surface area contributed by atoms with Gasteiger partial charge in [0.05, 0.1) is 12.0 Å². The molecule has 0 aliphatic heterocycles. The first-order valence-corrected chi connectivity index (χ1v) is 9.00. The van der Waals surface area contributed by atoms with Gasteiger partial charge < -0.3 is 14.6 Å². The maximum absolute atomic E-state index is 5.17. The number of benzene rings is 2. The van der Waals surface area contributed by atoms with Crippen molar-refractivity contribution >= 4 is 16.9 Å². The van der Waals surface area contributed by atoms with Crippen LogP contribution in [0.1, 0.15) is 5.56 Å². The van der Waals surface area contributed by atoms with Crippen molar-refractivity contribution in [2.24, 2.45) is 0 Å². The van der Waals surface area contributed by atoms with Crippen LogP contribution in [0.25, 0.3) is 27.8 Å². The Hall–Kier alpha value is -3.18. The highest BCUT2D eigenvalue weighted by atomic mass is 16.5. The molecular formula is C22H22N4O. The molecule has 136 valence electrons. The highest BCUT2D eigenvalue weighted by Crippen LogP contribution is 2.35. The smallest absolute Gasteiger partial charge is 0.150 e. The minimum absolute atomic E-state index is 0.616. The van der Waals surface area contributed by atoms with E-state index < -0.39 is 0 Å². The summed E-state index contributed by atoms with van der Waals surface area (Å²) in [6, 6.07) is 18.7. The Kier molecular flexibility index (Phi) is 4.85. The average Bonchev–Trinajstić information content (AvgIpc) is 3.10. The van der Waals surface area contributed by atoms with Crippen molar-refractivity contribution in [3.05, 3.63) is 72.7 Å². The predicted molar refractivity (Wildman–Crippen MR) is 109 cm³/mol. The van der Waals surface area contributed by atoms with Crippen molar-refractivity contribution in [1.82, 2.24) is 14.5 Å². The fourth-order valence-electron chi connectivity index (χ4n) is 3.32. The molecule has 0 atom stereocenters. The van der Waals surface area contributed by atoms with E-state index in [2.05, 4.69) is 69.4 Å². The fraction of sp³-hybridized carbons (Fsp3) is 0.182. The van der Waals surface area contributed by atoms with Crippen molar-refractivity contribution in [1.29, 1.82) is 0 Å². The van der Waals surface area contributed by atoms with E-state index in [0.717, 1.165) is 33.7 Å². The largest absolute Gasteiger partial charge is 0.383 e. The Morgan fingerprint density at radius 3 is 2.56 bits per heavy atom. The molecule has 0 amide bonds. The molecule has 27 heavy (non-hydrogen) atoms. The number of aryl methyl sites for hydroxylation is 1. The SMILES string of the molecule is COCCNc1ncnc2c1c(-c1ccccc1)cn2-c1ccccc1C. The van der Waals surface area contributed by atoms with Gasteiger partial charge in [-0.15, -0.1) is 0 Å². The second-order valence-corrected chi connectivity index (χ2v) is 6.41. The molecule has 0 radical (unpaired) electrons. The number of nitrogens with one attached hydrogen (secondary N) is 1. The number of rotatable bonds is 6. The van der Waals surface area contributed by atoms with Crippen molar-refractivity contribution in [3.8, 4) is 16.8 Å². The van der Waals surface area contributed by atoms with Crippen LogP contribution in [0, 0.1) is 6.92 Å². The number of methoxy groups -OCH3 is 1. The lowest BCUT2D eigenvalue weighted by atomic mass is 10.1. The van der Waals surface area contributed by atoms with Gasteiger partial charge in [-0.2, -0.15) is 0 Å². The first kappa shape index (κ1) is 17.2. The van der Waals surface area contributed by atoms with Gasteiger partial charge in [-0.25, -0.2) is 9.97 Å². The Bertz CT molecular complexity index is 1060. The molecule has 2 aromatic carbocycles. The monoisotopic (exact) mass is 358 g/mol. The molecule has 2 heterocycles. The molecule has 0 fully saturated rings. The molecule has 0 aliphatic carbocycles. The van der Waals surface area contributed by atoms with Gasteiger partial charge in [0.25, 0.3) is 0 Å². The summed E-state index contributed by atoms with van der Waals surface area (Å²) >= 11 is 0. The highest BCUT2D eigenvalue weighted by molar-refractivity contribution is 6.02. The summed E-state index contributed by atoms with van der Waals surface area (Å²) in [6.45, 7) is 3.42. The number of anilines is 1. The Morgan fingerprint density at radius 1 is 1.00 bits per heavy atom. The van der Waals surface area contributed by atoms with E-state index >= 15 is 0 Å².